The van der Waals surface area contributed by atoms with E-state index in [1.807, 2.05) is 0 Å². The largest absolute Gasteiger partial charge is 0.650 e. The minimum Gasteiger partial charge on any atom is -0.316 e. The first-order valence-corrected chi connectivity index (χ1v) is 5.27. The smallest absolute Gasteiger partial charge is 0.316 e. The first-order chi connectivity index (χ1) is 6.00. The molecular formula is C6H7AlN2O4. The Morgan fingerprint density at radius 2 is 1.92 bits per heavy atom. The molecule has 0 aromatic rings. The van der Waals surface area contributed by atoms with Crippen molar-refractivity contribution in [1.82, 2.24) is 9.80 Å². The van der Waals surface area contributed by atoms with Crippen LogP contribution in [0.1, 0.15) is 0 Å². The van der Waals surface area contributed by atoms with E-state index in [9.17, 15) is 19.2 Å². The Kier molecular flexibility index (Phi) is 2.50. The van der Waals surface area contributed by atoms with E-state index in [4.69, 9.17) is 0 Å². The minimum absolute atomic E-state index is 0.300. The van der Waals surface area contributed by atoms with Gasteiger partial charge in [-0.25, -0.2) is 0 Å². The number of hydrogen-bond donors (Lipinski definition) is 0. The normalized spacial score (nSPS) is 15.5. The lowest BCUT2D eigenvalue weighted by molar-refractivity contribution is -0.114. The lowest BCUT2D eigenvalue weighted by Gasteiger charge is -2.29. The standard InChI is InChI=1S/C3H4NO2.C3H3NO2.Al/c2*1-4(2-5)3-6;/h2H,1H3;1H3;. The lowest BCUT2D eigenvalue weighted by Crippen LogP contribution is -2.67. The Bertz CT molecular complexity index is 287. The minimum atomic E-state index is -2.71. The number of hydrogen-bond acceptors (Lipinski definition) is 4. The number of carbonyl (C=O) groups excluding carboxylic acids is 4. The summed E-state index contributed by atoms with van der Waals surface area (Å²) in [5.41, 5.74) is 0. The lowest BCUT2D eigenvalue weighted by atomic mass is 10.9. The van der Waals surface area contributed by atoms with Gasteiger partial charge < -0.3 is 9.80 Å². The van der Waals surface area contributed by atoms with Gasteiger partial charge in [0.15, 0.2) is 14.3 Å². The molecule has 0 aromatic heterocycles. The molecule has 13 heavy (non-hydrogen) atoms. The fraction of sp³-hybridized carbons (Fsp3) is 0.333. The van der Waals surface area contributed by atoms with Gasteiger partial charge in [-0.15, -0.1) is 0 Å². The predicted octanol–water partition coefficient (Wildman–Crippen LogP) is -0.380. The fourth-order valence-electron chi connectivity index (χ4n) is 1.00. The Balaban J connectivity index is 2.75. The van der Waals surface area contributed by atoms with Gasteiger partial charge in [0.05, 0.1) is 0 Å². The molecule has 1 fully saturated rings. The van der Waals surface area contributed by atoms with E-state index in [2.05, 4.69) is 0 Å². The molecule has 0 unspecified atom stereocenters. The molecule has 1 aliphatic heterocycles. The number of rotatable bonds is 2. The van der Waals surface area contributed by atoms with E-state index in [1.54, 1.807) is 0 Å². The Hall–Kier alpha value is -1.19. The third-order valence-corrected chi connectivity index (χ3v) is 4.57. The Morgan fingerprint density at radius 1 is 1.46 bits per heavy atom. The highest BCUT2D eigenvalue weighted by molar-refractivity contribution is 7.32. The number of nitrogens with zero attached hydrogens (tertiary/aromatic N) is 2. The average molecular weight is 198 g/mol. The van der Waals surface area contributed by atoms with Crippen LogP contribution in [-0.4, -0.2) is 58.8 Å². The molecule has 1 aliphatic rings. The van der Waals surface area contributed by atoms with Crippen LogP contribution in [-0.2, 0) is 4.79 Å². The van der Waals surface area contributed by atoms with Crippen molar-refractivity contribution in [2.75, 3.05) is 14.1 Å². The SMILES string of the molecule is CN(C=O)[C](=O)[Al]1[C](=O)N(C)[C]1=O. The Morgan fingerprint density at radius 3 is 2.31 bits per heavy atom. The van der Waals surface area contributed by atoms with Crippen molar-refractivity contribution >= 4 is 34.9 Å². The first kappa shape index (κ1) is 9.90. The molecular weight excluding hydrogens is 191 g/mol. The van der Waals surface area contributed by atoms with Crippen molar-refractivity contribution < 1.29 is 19.2 Å². The van der Waals surface area contributed by atoms with E-state index in [0.717, 1.165) is 9.80 Å². The van der Waals surface area contributed by atoms with Crippen molar-refractivity contribution in [3.05, 3.63) is 0 Å². The number of carbonyl (C=O) groups is 4. The monoisotopic (exact) mass is 198 g/mol. The topological polar surface area (TPSA) is 74.8 Å². The van der Waals surface area contributed by atoms with Gasteiger partial charge in [0, 0.05) is 14.1 Å². The van der Waals surface area contributed by atoms with Gasteiger partial charge in [-0.1, -0.05) is 0 Å². The quantitative estimate of drug-likeness (QED) is 0.447. The highest BCUT2D eigenvalue weighted by atomic mass is 27.2. The van der Waals surface area contributed by atoms with Crippen LogP contribution in [0.3, 0.4) is 0 Å². The summed E-state index contributed by atoms with van der Waals surface area (Å²) in [5, 5.41) is 0. The molecule has 0 aromatic carbocycles. The third-order valence-electron chi connectivity index (χ3n) is 1.91. The van der Waals surface area contributed by atoms with Gasteiger partial charge >= 0.3 is 14.1 Å². The molecule has 0 N–H and O–H groups in total. The van der Waals surface area contributed by atoms with Crippen LogP contribution in [0.4, 0.5) is 14.4 Å². The van der Waals surface area contributed by atoms with Gasteiger partial charge in [-0.3, -0.25) is 19.2 Å². The van der Waals surface area contributed by atoms with Crippen LogP contribution in [0.2, 0.25) is 0 Å². The van der Waals surface area contributed by atoms with Gasteiger partial charge in [-0.2, -0.15) is 0 Å². The van der Waals surface area contributed by atoms with Gasteiger partial charge in [0.2, 0.25) is 6.41 Å². The first-order valence-electron chi connectivity index (χ1n) is 3.54. The highest BCUT2D eigenvalue weighted by Crippen LogP contribution is 2.13. The van der Waals surface area contributed by atoms with Crippen LogP contribution < -0.4 is 0 Å². The van der Waals surface area contributed by atoms with Gasteiger partial charge in [-0.05, 0) is 0 Å². The summed E-state index contributed by atoms with van der Waals surface area (Å²) in [7, 11) is 2.56. The second-order valence-electron chi connectivity index (χ2n) is 2.72. The fourth-order valence-corrected chi connectivity index (χ4v) is 2.93. The molecule has 0 bridgehead atoms. The average Bonchev–Trinajstić information content (AvgIpc) is 2.16. The molecule has 6 nitrogen and oxygen atoms in total. The van der Waals surface area contributed by atoms with E-state index in [-0.39, 0.29) is 0 Å². The van der Waals surface area contributed by atoms with Crippen molar-refractivity contribution in [1.29, 1.82) is 0 Å². The molecule has 7 heteroatoms. The van der Waals surface area contributed by atoms with Crippen LogP contribution >= 0.6 is 0 Å². The second kappa shape index (κ2) is 3.28. The Labute approximate surface area is 78.5 Å². The summed E-state index contributed by atoms with van der Waals surface area (Å²) in [6.45, 7) is 0. The third kappa shape index (κ3) is 1.36. The molecule has 0 atom stereocenters. The van der Waals surface area contributed by atoms with E-state index >= 15 is 0 Å². The van der Waals surface area contributed by atoms with Gasteiger partial charge in [0.25, 0.3) is 0 Å². The predicted molar refractivity (Wildman–Crippen MR) is 43.5 cm³/mol. The van der Waals surface area contributed by atoms with E-state index in [0.29, 0.717) is 6.41 Å². The zero-order valence-electron chi connectivity index (χ0n) is 7.18. The second-order valence-corrected chi connectivity index (χ2v) is 5.07. The maximum absolute atomic E-state index is 11.2. The zero-order chi connectivity index (χ0) is 10.2. The van der Waals surface area contributed by atoms with Crippen LogP contribution in [0.15, 0.2) is 0 Å². The van der Waals surface area contributed by atoms with Crippen molar-refractivity contribution in [2.45, 2.75) is 0 Å². The molecule has 0 radical (unpaired) electrons. The number of imide groups is 2. The molecule has 68 valence electrons. The summed E-state index contributed by atoms with van der Waals surface area (Å²) >= 11 is -2.71. The summed E-state index contributed by atoms with van der Waals surface area (Å²) in [6, 6.07) is 0. The van der Waals surface area contributed by atoms with Crippen molar-refractivity contribution in [2.24, 2.45) is 0 Å². The van der Waals surface area contributed by atoms with Crippen LogP contribution in [0.25, 0.3) is 0 Å². The molecule has 0 saturated carbocycles. The summed E-state index contributed by atoms with van der Waals surface area (Å²) in [5.74, 6) is 0. The molecule has 1 rings (SSSR count). The van der Waals surface area contributed by atoms with Crippen LogP contribution in [0, 0.1) is 0 Å². The van der Waals surface area contributed by atoms with Crippen LogP contribution in [0.5, 0.6) is 0 Å². The molecule has 1 heterocycles. The highest BCUT2D eigenvalue weighted by Gasteiger charge is 2.59. The summed E-state index contributed by atoms with van der Waals surface area (Å²) in [6.07, 6.45) is 0.300. The maximum Gasteiger partial charge on any atom is 0.650 e. The zero-order valence-corrected chi connectivity index (χ0v) is 8.34. The van der Waals surface area contributed by atoms with E-state index in [1.165, 1.54) is 14.1 Å². The molecule has 0 aliphatic carbocycles. The molecule has 0 spiro atoms. The van der Waals surface area contributed by atoms with E-state index < -0.39 is 28.5 Å². The van der Waals surface area contributed by atoms with Crippen molar-refractivity contribution in [3.63, 3.8) is 0 Å². The summed E-state index contributed by atoms with van der Waals surface area (Å²) in [4.78, 5) is 45.1. The summed E-state index contributed by atoms with van der Waals surface area (Å²) < 4.78 is -1.49. The van der Waals surface area contributed by atoms with Crippen molar-refractivity contribution in [3.8, 4) is 0 Å². The van der Waals surface area contributed by atoms with Gasteiger partial charge in [0.1, 0.15) is 0 Å². The molecule has 1 saturated heterocycles. The molecule has 4 amide bonds. The maximum atomic E-state index is 11.2. The number of amides is 4.